The van der Waals surface area contributed by atoms with Crippen LogP contribution in [-0.2, 0) is 0 Å². The van der Waals surface area contributed by atoms with Crippen molar-refractivity contribution in [2.24, 2.45) is 17.3 Å². The second-order valence-corrected chi connectivity index (χ2v) is 4.79. The Balaban J connectivity index is 2.56. The normalized spacial score (nSPS) is 29.4. The summed E-state index contributed by atoms with van der Waals surface area (Å²) in [6.45, 7) is 9.26. The van der Waals surface area contributed by atoms with Crippen molar-refractivity contribution in [2.75, 3.05) is 0 Å². The maximum atomic E-state index is 2.41. The molecule has 0 aliphatic heterocycles. The van der Waals surface area contributed by atoms with Crippen molar-refractivity contribution in [2.45, 2.75) is 40.5 Å². The van der Waals surface area contributed by atoms with Crippen LogP contribution >= 0.6 is 0 Å². The first kappa shape index (κ1) is 8.83. The van der Waals surface area contributed by atoms with Gasteiger partial charge in [0.2, 0.25) is 0 Å². The van der Waals surface area contributed by atoms with Crippen molar-refractivity contribution in [1.82, 2.24) is 0 Å². The molecule has 0 amide bonds. The van der Waals surface area contributed by atoms with E-state index >= 15 is 0 Å². The van der Waals surface area contributed by atoms with Crippen LogP contribution in [-0.4, -0.2) is 0 Å². The van der Waals surface area contributed by atoms with Crippen LogP contribution in [0.4, 0.5) is 0 Å². The lowest BCUT2D eigenvalue weighted by atomic mass is 9.76. The molecule has 1 aliphatic rings. The number of hydrogen-bond acceptors (Lipinski definition) is 0. The highest BCUT2D eigenvalue weighted by molar-refractivity contribution is 5.03. The first-order chi connectivity index (χ1) is 5.01. The third-order valence-electron chi connectivity index (χ3n) is 2.77. The van der Waals surface area contributed by atoms with E-state index in [1.807, 2.05) is 0 Å². The molecule has 0 N–H and O–H groups in total. The molecular formula is C11H20. The Kier molecular flexibility index (Phi) is 2.41. The molecule has 0 saturated heterocycles. The molecule has 0 heterocycles. The molecule has 0 aromatic heterocycles. The van der Waals surface area contributed by atoms with Gasteiger partial charge in [-0.05, 0) is 30.1 Å². The molecule has 0 radical (unpaired) electrons. The molecule has 0 saturated carbocycles. The quantitative estimate of drug-likeness (QED) is 0.503. The molecule has 0 bridgehead atoms. The fourth-order valence-electron chi connectivity index (χ4n) is 1.66. The van der Waals surface area contributed by atoms with E-state index in [2.05, 4.69) is 39.8 Å². The molecule has 0 fully saturated rings. The highest BCUT2D eigenvalue weighted by atomic mass is 14.3. The van der Waals surface area contributed by atoms with Gasteiger partial charge in [0, 0.05) is 0 Å². The lowest BCUT2D eigenvalue weighted by Gasteiger charge is -2.30. The van der Waals surface area contributed by atoms with Gasteiger partial charge in [-0.25, -0.2) is 0 Å². The van der Waals surface area contributed by atoms with Crippen molar-refractivity contribution in [3.05, 3.63) is 12.2 Å². The topological polar surface area (TPSA) is 0 Å². The van der Waals surface area contributed by atoms with E-state index in [0.29, 0.717) is 5.41 Å². The van der Waals surface area contributed by atoms with Crippen LogP contribution in [0.5, 0.6) is 0 Å². The van der Waals surface area contributed by atoms with Gasteiger partial charge in [0.05, 0.1) is 0 Å². The van der Waals surface area contributed by atoms with Crippen molar-refractivity contribution in [3.63, 3.8) is 0 Å². The maximum absolute atomic E-state index is 2.41. The molecule has 0 aromatic rings. The molecule has 0 nitrogen and oxygen atoms in total. The predicted octanol–water partition coefficient (Wildman–Crippen LogP) is 3.63. The summed E-state index contributed by atoms with van der Waals surface area (Å²) in [7, 11) is 0. The summed E-state index contributed by atoms with van der Waals surface area (Å²) < 4.78 is 0. The summed E-state index contributed by atoms with van der Waals surface area (Å²) in [5, 5.41) is 0. The third-order valence-corrected chi connectivity index (χ3v) is 2.77. The highest BCUT2D eigenvalue weighted by Crippen LogP contribution is 2.34. The van der Waals surface area contributed by atoms with Gasteiger partial charge in [-0.2, -0.15) is 0 Å². The zero-order valence-electron chi connectivity index (χ0n) is 8.22. The van der Waals surface area contributed by atoms with E-state index in [1.165, 1.54) is 12.8 Å². The van der Waals surface area contributed by atoms with Crippen molar-refractivity contribution in [1.29, 1.82) is 0 Å². The van der Waals surface area contributed by atoms with Crippen LogP contribution in [0.25, 0.3) is 0 Å². The SMILES string of the molecule is CC(C)C1C=CC(C)(C)CC1. The number of hydrogen-bond donors (Lipinski definition) is 0. The summed E-state index contributed by atoms with van der Waals surface area (Å²) in [5.41, 5.74) is 0.464. The highest BCUT2D eigenvalue weighted by Gasteiger charge is 2.22. The maximum Gasteiger partial charge on any atom is -0.0175 e. The second-order valence-electron chi connectivity index (χ2n) is 4.79. The Bertz CT molecular complexity index is 151. The van der Waals surface area contributed by atoms with Gasteiger partial charge in [-0.1, -0.05) is 39.8 Å². The molecule has 0 spiro atoms. The van der Waals surface area contributed by atoms with E-state index in [1.54, 1.807) is 0 Å². The van der Waals surface area contributed by atoms with Gasteiger partial charge >= 0.3 is 0 Å². The summed E-state index contributed by atoms with van der Waals surface area (Å²) in [6.07, 6.45) is 7.53. The number of rotatable bonds is 1. The summed E-state index contributed by atoms with van der Waals surface area (Å²) in [5.74, 6) is 1.66. The molecule has 0 aromatic carbocycles. The molecule has 1 unspecified atom stereocenters. The summed E-state index contributed by atoms with van der Waals surface area (Å²) >= 11 is 0. The monoisotopic (exact) mass is 152 g/mol. The molecule has 1 aliphatic carbocycles. The molecule has 1 rings (SSSR count). The van der Waals surface area contributed by atoms with E-state index in [4.69, 9.17) is 0 Å². The average molecular weight is 152 g/mol. The first-order valence-electron chi connectivity index (χ1n) is 4.71. The standard InChI is InChI=1S/C11H20/c1-9(2)10-5-7-11(3,4)8-6-10/h5,7,9-10H,6,8H2,1-4H3. The van der Waals surface area contributed by atoms with Crippen LogP contribution in [0.2, 0.25) is 0 Å². The zero-order valence-corrected chi connectivity index (χ0v) is 8.22. The minimum Gasteiger partial charge on any atom is -0.0846 e. The second kappa shape index (κ2) is 3.00. The molecule has 0 heteroatoms. The Morgan fingerprint density at radius 1 is 1.36 bits per heavy atom. The van der Waals surface area contributed by atoms with Gasteiger partial charge in [0.1, 0.15) is 0 Å². The van der Waals surface area contributed by atoms with Crippen LogP contribution in [0.1, 0.15) is 40.5 Å². The third kappa shape index (κ3) is 2.36. The molecule has 1 atom stereocenters. The van der Waals surface area contributed by atoms with Crippen molar-refractivity contribution in [3.8, 4) is 0 Å². The Labute approximate surface area is 70.7 Å². The Morgan fingerprint density at radius 2 is 2.00 bits per heavy atom. The molecular weight excluding hydrogens is 132 g/mol. The van der Waals surface area contributed by atoms with Gasteiger partial charge < -0.3 is 0 Å². The van der Waals surface area contributed by atoms with E-state index in [-0.39, 0.29) is 0 Å². The van der Waals surface area contributed by atoms with Crippen molar-refractivity contribution < 1.29 is 0 Å². The van der Waals surface area contributed by atoms with Crippen LogP contribution in [0.3, 0.4) is 0 Å². The Morgan fingerprint density at radius 3 is 2.36 bits per heavy atom. The van der Waals surface area contributed by atoms with Gasteiger partial charge in [0.25, 0.3) is 0 Å². The lowest BCUT2D eigenvalue weighted by Crippen LogP contribution is -2.18. The van der Waals surface area contributed by atoms with Crippen molar-refractivity contribution >= 4 is 0 Å². The van der Waals surface area contributed by atoms with Crippen LogP contribution in [0.15, 0.2) is 12.2 Å². The average Bonchev–Trinajstić information content (AvgIpc) is 1.86. The van der Waals surface area contributed by atoms with Gasteiger partial charge in [0.15, 0.2) is 0 Å². The first-order valence-corrected chi connectivity index (χ1v) is 4.71. The lowest BCUT2D eigenvalue weighted by molar-refractivity contribution is 0.316. The van der Waals surface area contributed by atoms with E-state index in [0.717, 1.165) is 11.8 Å². The van der Waals surface area contributed by atoms with Crippen LogP contribution < -0.4 is 0 Å². The van der Waals surface area contributed by atoms with E-state index < -0.39 is 0 Å². The predicted molar refractivity (Wildman–Crippen MR) is 50.5 cm³/mol. The minimum absolute atomic E-state index is 0.464. The molecule has 11 heavy (non-hydrogen) atoms. The fourth-order valence-corrected chi connectivity index (χ4v) is 1.66. The van der Waals surface area contributed by atoms with Gasteiger partial charge in [-0.15, -0.1) is 0 Å². The number of allylic oxidation sites excluding steroid dienone is 2. The fraction of sp³-hybridized carbons (Fsp3) is 0.818. The van der Waals surface area contributed by atoms with Crippen LogP contribution in [0, 0.1) is 17.3 Å². The van der Waals surface area contributed by atoms with Gasteiger partial charge in [-0.3, -0.25) is 0 Å². The van der Waals surface area contributed by atoms with E-state index in [9.17, 15) is 0 Å². The largest absolute Gasteiger partial charge is 0.0846 e. The zero-order chi connectivity index (χ0) is 8.48. The molecule has 64 valence electrons. The minimum atomic E-state index is 0.464. The summed E-state index contributed by atoms with van der Waals surface area (Å²) in [6, 6.07) is 0. The Hall–Kier alpha value is -0.260. The smallest absolute Gasteiger partial charge is 0.0175 e. The summed E-state index contributed by atoms with van der Waals surface area (Å²) in [4.78, 5) is 0.